The summed E-state index contributed by atoms with van der Waals surface area (Å²) in [6.07, 6.45) is 11.2. The maximum absolute atomic E-state index is 13.3. The summed E-state index contributed by atoms with van der Waals surface area (Å²) in [5, 5.41) is 68.8. The van der Waals surface area contributed by atoms with Crippen LogP contribution in [0, 0.1) is 0 Å². The monoisotopic (exact) mass is 2040 g/mol. The van der Waals surface area contributed by atoms with Crippen molar-refractivity contribution in [2.75, 3.05) is 146 Å². The van der Waals surface area contributed by atoms with Crippen LogP contribution in [0.5, 0.6) is 28.7 Å². The molecule has 38 heteroatoms. The first-order chi connectivity index (χ1) is 68.3. The lowest BCUT2D eigenvalue weighted by Crippen LogP contribution is -2.44. The highest BCUT2D eigenvalue weighted by Crippen LogP contribution is 2.32. The zero-order chi connectivity index (χ0) is 103. The van der Waals surface area contributed by atoms with Gasteiger partial charge in [-0.1, -0.05) is 89.9 Å². The number of aliphatic hydroxyl groups excluding tert-OH is 3. The van der Waals surface area contributed by atoms with E-state index in [-0.39, 0.29) is 80.0 Å². The van der Waals surface area contributed by atoms with E-state index in [1.54, 1.807) is 133 Å². The largest absolute Gasteiger partial charge is 0.508 e. The normalized spacial score (nSPS) is 20.4. The van der Waals surface area contributed by atoms with E-state index in [1.165, 1.54) is 36.2 Å². The fraction of sp³-hybridized carbons (Fsp3) is 0.590. The molecular formula is C105H150Cl2N8O28. The number of β-amino-alcohol motifs (C(OH)–C–C–N with tert-alkyl or cyclic N) is 3. The lowest BCUT2D eigenvalue weighted by molar-refractivity contribution is -0.165. The van der Waals surface area contributed by atoms with Crippen molar-refractivity contribution in [2.24, 2.45) is 0 Å². The van der Waals surface area contributed by atoms with Gasteiger partial charge < -0.3 is 133 Å². The van der Waals surface area contributed by atoms with Crippen LogP contribution in [0.3, 0.4) is 0 Å². The summed E-state index contributed by atoms with van der Waals surface area (Å²) in [5.74, 6) is 0.135. The van der Waals surface area contributed by atoms with Gasteiger partial charge in [0.15, 0.2) is 37.2 Å². The van der Waals surface area contributed by atoms with Gasteiger partial charge in [-0.3, -0.25) is 19.4 Å². The number of carbonyl (C=O) groups excluding carboxylic acids is 5. The molecule has 7 saturated heterocycles. The predicted molar refractivity (Wildman–Crippen MR) is 534 cm³/mol. The van der Waals surface area contributed by atoms with Crippen molar-refractivity contribution < 1.29 is 135 Å². The SMILES string of the molecule is CC(C)(C)OC(=O)N[C@H](C(=O)N1CC[C@H](O)C1)c1ccc(OCCOC2CCCCO2)cc1.CC(C)(C)OC(=O)N[C@H](C(=O)O)c1ccc(O)cc1.CC(C)(C)OC(=O)N[C@H](C(=O)O)c1ccc(OCCOC2CCCCO2)cc1.CN(C(=O)Cc1ccc(Cl)c(Cl)c1)[C@H](CN1CC[C@H](O)C1)c1ccc(OCCOC2CCCCO2)cc1.CN[C@H](CN1CC[C@H](O)C1)c1ccc(OCCOC2CCCCO2)cc1. The van der Waals surface area contributed by atoms with Gasteiger partial charge >= 0.3 is 30.2 Å². The number of likely N-dealkylation sites (N-methyl/N-ethyl adjacent to an activating group) is 2. The number of nitrogens with zero attached hydrogens (tertiary/aromatic N) is 4. The molecule has 5 amide bonds. The number of aliphatic hydroxyl groups is 3. The minimum absolute atomic E-state index is 0.0187. The van der Waals surface area contributed by atoms with Crippen molar-refractivity contribution in [3.63, 3.8) is 0 Å². The minimum atomic E-state index is -1.23. The molecule has 12 atom stereocenters. The van der Waals surface area contributed by atoms with Crippen molar-refractivity contribution in [1.82, 2.24) is 40.9 Å². The fourth-order valence-corrected chi connectivity index (χ4v) is 16.5. The quantitative estimate of drug-likeness (QED) is 0.0127. The van der Waals surface area contributed by atoms with Crippen LogP contribution in [0.4, 0.5) is 14.4 Å². The second-order valence-corrected chi connectivity index (χ2v) is 39.6. The summed E-state index contributed by atoms with van der Waals surface area (Å²) in [6, 6.07) is 37.1. The Balaban J connectivity index is 0.000000202. The van der Waals surface area contributed by atoms with Crippen LogP contribution in [-0.4, -0.2) is 298 Å². The number of aromatic hydroxyl groups is 1. The van der Waals surface area contributed by atoms with Gasteiger partial charge in [0.2, 0.25) is 11.8 Å². The number of hydrogen-bond donors (Lipinski definition) is 10. The molecule has 36 nitrogen and oxygen atoms in total. The molecule has 0 aromatic heterocycles. The number of nitrogens with one attached hydrogen (secondary N) is 4. The van der Waals surface area contributed by atoms with E-state index in [4.69, 9.17) is 104 Å². The lowest BCUT2D eigenvalue weighted by atomic mass is 10.0. The average molecular weight is 2040 g/mol. The molecule has 7 aliphatic heterocycles. The molecule has 6 aromatic rings. The summed E-state index contributed by atoms with van der Waals surface area (Å²) in [4.78, 5) is 92.7. The van der Waals surface area contributed by atoms with E-state index in [2.05, 4.69) is 43.2 Å². The Kier molecular flexibility index (Phi) is 49.1. The molecule has 0 aliphatic carbocycles. The average Bonchev–Trinajstić information content (AvgIpc) is 1.81. The van der Waals surface area contributed by atoms with E-state index in [0.29, 0.717) is 117 Å². The number of alkyl carbamates (subject to hydrolysis) is 3. The number of carboxylic acid groups (broad SMARTS) is 2. The van der Waals surface area contributed by atoms with Crippen molar-refractivity contribution >= 4 is 65.2 Å². The number of likely N-dealkylation sites (tertiary alicyclic amines) is 3. The number of aliphatic carboxylic acids is 2. The van der Waals surface area contributed by atoms with Crippen LogP contribution in [0.2, 0.25) is 10.0 Å². The molecule has 7 fully saturated rings. The lowest BCUT2D eigenvalue weighted by Gasteiger charge is -2.32. The third-order valence-corrected chi connectivity index (χ3v) is 24.2. The number of hydrogen-bond acceptors (Lipinski definition) is 29. The van der Waals surface area contributed by atoms with Crippen molar-refractivity contribution in [2.45, 2.75) is 256 Å². The first-order valence-electron chi connectivity index (χ1n) is 49.5. The Morgan fingerprint density at radius 1 is 0.413 bits per heavy atom. The van der Waals surface area contributed by atoms with Crippen LogP contribution in [0.25, 0.3) is 0 Å². The Bertz CT molecular complexity index is 4760. The second kappa shape index (κ2) is 60.2. The summed E-state index contributed by atoms with van der Waals surface area (Å²) in [7, 11) is 3.80. The first kappa shape index (κ1) is 117. The van der Waals surface area contributed by atoms with Gasteiger partial charge in [-0.25, -0.2) is 24.0 Å². The standard InChI is InChI=1S/C28H36Cl2N2O5.C24H36N2O7.C20H32N2O4.C20H29NO7.C13H17NO5/c1-31(27(34)17-20-5-10-24(29)25(30)16-20)26(19-32-12-11-22(33)18-32)21-6-8-23(9-7-21)35-14-15-37-28-4-2-3-13-36-28;1-24(2,3)33-23(29)25-21(22(28)26-12-11-18(27)16-26)17-7-9-19(10-8-17)30-14-15-32-20-6-4-5-13-31-20;1-21-19(15-22-10-9-17(23)14-22)16-5-7-18(8-6-16)24-12-13-26-20-4-2-3-11-25-20;1-20(2,3)28-19(24)21-17(18(22)23)14-7-9-15(10-8-14)25-12-13-27-16-6-4-5-11-26-16;1-13(2,3)19-12(18)14-10(11(16)17)8-4-6-9(15)7-5-8/h5-10,16,22,26,28,33H,2-4,11-15,17-19H2,1H3;7-10,18,20-21,27H,4-6,11-16H2,1-3H3,(H,25,29);5-8,17,19-21,23H,2-4,9-15H2,1H3;7-10,16-17H,4-6,11-13H2,1-3H3,(H,21,24)(H,22,23);4-7,10,15H,1-3H3,(H,14,18)(H,16,17)/t22-,26+,28?;18-,20?,21-;17-,19+,20?;16?,17-;10-/m00000/s1. The molecule has 6 aromatic carbocycles. The van der Waals surface area contributed by atoms with E-state index in [1.807, 2.05) is 56.6 Å². The highest BCUT2D eigenvalue weighted by atomic mass is 35.5. The van der Waals surface area contributed by atoms with E-state index in [0.717, 1.165) is 159 Å². The first-order valence-corrected chi connectivity index (χ1v) is 50.2. The summed E-state index contributed by atoms with van der Waals surface area (Å²) < 4.78 is 83.2. The Morgan fingerprint density at radius 3 is 1.07 bits per heavy atom. The van der Waals surface area contributed by atoms with Crippen LogP contribution >= 0.6 is 23.2 Å². The Hall–Kier alpha value is -9.97. The third kappa shape index (κ3) is 44.1. The van der Waals surface area contributed by atoms with Crippen molar-refractivity contribution in [3.05, 3.63) is 183 Å². The zero-order valence-corrected chi connectivity index (χ0v) is 85.9. The molecule has 0 bridgehead atoms. The smallest absolute Gasteiger partial charge is 0.408 e. The number of halogens is 2. The van der Waals surface area contributed by atoms with E-state index < -0.39 is 71.3 Å². The number of amides is 5. The number of phenols is 1. The van der Waals surface area contributed by atoms with E-state index in [9.17, 15) is 54.0 Å². The molecule has 4 unspecified atom stereocenters. The highest BCUT2D eigenvalue weighted by molar-refractivity contribution is 6.42. The highest BCUT2D eigenvalue weighted by Gasteiger charge is 2.36. The number of carboxylic acids is 2. The second-order valence-electron chi connectivity index (χ2n) is 38.8. The predicted octanol–water partition coefficient (Wildman–Crippen LogP) is 14.7. The molecule has 0 saturated carbocycles. The molecule has 7 heterocycles. The molecule has 0 spiro atoms. The summed E-state index contributed by atoms with van der Waals surface area (Å²) in [6.45, 7) is 27.4. The van der Waals surface area contributed by atoms with Gasteiger partial charge in [-0.2, -0.15) is 0 Å². The van der Waals surface area contributed by atoms with Crippen molar-refractivity contribution in [1.29, 1.82) is 0 Å². The maximum atomic E-state index is 13.3. The molecule has 7 aliphatic rings. The number of phenolic OH excluding ortho intramolecular Hbond substituents is 1. The van der Waals surface area contributed by atoms with Crippen LogP contribution in [-0.2, 0) is 77.7 Å². The molecule has 10 N–H and O–H groups in total. The fourth-order valence-electron chi connectivity index (χ4n) is 16.1. The van der Waals surface area contributed by atoms with Gasteiger partial charge in [0.1, 0.15) is 78.0 Å². The van der Waals surface area contributed by atoms with Crippen LogP contribution < -0.4 is 40.2 Å². The van der Waals surface area contributed by atoms with Gasteiger partial charge in [-0.05, 0) is 272 Å². The van der Waals surface area contributed by atoms with Crippen LogP contribution in [0.15, 0.2) is 140 Å². The zero-order valence-electron chi connectivity index (χ0n) is 84.4. The third-order valence-electron chi connectivity index (χ3n) is 23.5. The van der Waals surface area contributed by atoms with Crippen LogP contribution in [0.1, 0.15) is 222 Å². The minimum Gasteiger partial charge on any atom is -0.508 e. The van der Waals surface area contributed by atoms with Gasteiger partial charge in [0, 0.05) is 91.9 Å². The summed E-state index contributed by atoms with van der Waals surface area (Å²) >= 11 is 12.2. The molecule has 0 radical (unpaired) electrons. The number of ether oxygens (including phenoxy) is 15. The van der Waals surface area contributed by atoms with E-state index >= 15 is 0 Å². The maximum Gasteiger partial charge on any atom is 0.408 e. The van der Waals surface area contributed by atoms with Gasteiger partial charge in [0.05, 0.1) is 67.2 Å². The molecule has 143 heavy (non-hydrogen) atoms. The molecule has 13 rings (SSSR count). The van der Waals surface area contributed by atoms with Gasteiger partial charge in [-0.15, -0.1) is 0 Å². The summed E-state index contributed by atoms with van der Waals surface area (Å²) in [5.41, 5.74) is 2.30. The Labute approximate surface area is 849 Å². The van der Waals surface area contributed by atoms with Gasteiger partial charge in [0.25, 0.3) is 0 Å². The molecular weight excluding hydrogens is 1890 g/mol. The Morgan fingerprint density at radius 2 is 0.748 bits per heavy atom. The van der Waals surface area contributed by atoms with Crippen molar-refractivity contribution in [3.8, 4) is 28.7 Å². The number of carbonyl (C=O) groups is 7. The number of rotatable bonds is 39. The molecule has 792 valence electrons. The number of benzene rings is 6. The topological polar surface area (TPSA) is 440 Å².